The SMILES string of the molecule is Cl.Cl.N=C(N)c1cccc(/C=C/CN(c2ccc(OC3CCN(C4=NCCCC4)CC3)c(C(F)(F)F)c2)S(=O)(=O)CC(=O)O)c1. The van der Waals surface area contributed by atoms with Gasteiger partial charge in [-0.3, -0.25) is 19.5 Å². The average molecular weight is 695 g/mol. The molecule has 0 radical (unpaired) electrons. The van der Waals surface area contributed by atoms with Gasteiger partial charge >= 0.3 is 12.1 Å². The number of hydrogen-bond donors (Lipinski definition) is 3. The summed E-state index contributed by atoms with van der Waals surface area (Å²) in [5, 5.41) is 16.7. The first-order valence-electron chi connectivity index (χ1n) is 13.8. The number of nitrogen functional groups attached to an aromatic ring is 1. The Hall–Kier alpha value is -3.49. The van der Waals surface area contributed by atoms with Gasteiger partial charge in [0.15, 0.2) is 5.75 Å². The van der Waals surface area contributed by atoms with E-state index in [1.807, 2.05) is 0 Å². The molecule has 0 aliphatic carbocycles. The van der Waals surface area contributed by atoms with E-state index in [4.69, 9.17) is 15.9 Å². The number of carbonyl (C=O) groups is 1. The number of hydrogen-bond acceptors (Lipinski definition) is 7. The van der Waals surface area contributed by atoms with Gasteiger partial charge in [-0.1, -0.05) is 30.4 Å². The minimum absolute atomic E-state index is 0. The van der Waals surface area contributed by atoms with E-state index in [1.54, 1.807) is 24.3 Å². The average Bonchev–Trinajstić information content (AvgIpc) is 2.95. The Kier molecular flexibility index (Phi) is 13.6. The number of benzene rings is 2. The lowest BCUT2D eigenvalue weighted by Crippen LogP contribution is -2.42. The number of nitrogens with one attached hydrogen (secondary N) is 1. The van der Waals surface area contributed by atoms with Crippen LogP contribution in [0.4, 0.5) is 18.9 Å². The minimum atomic E-state index is -4.87. The lowest BCUT2D eigenvalue weighted by atomic mass is 10.0. The largest absolute Gasteiger partial charge is 0.490 e. The van der Waals surface area contributed by atoms with E-state index in [1.165, 1.54) is 18.2 Å². The monoisotopic (exact) mass is 693 g/mol. The molecule has 0 saturated carbocycles. The molecule has 4 rings (SSSR count). The number of nitrogens with two attached hydrogens (primary N) is 1. The predicted octanol–water partition coefficient (Wildman–Crippen LogP) is 5.19. The number of nitrogens with zero attached hydrogens (tertiary/aromatic N) is 3. The van der Waals surface area contributed by atoms with E-state index in [9.17, 15) is 31.5 Å². The molecule has 0 amide bonds. The normalized spacial score (nSPS) is 15.9. The third-order valence-electron chi connectivity index (χ3n) is 7.18. The van der Waals surface area contributed by atoms with Gasteiger partial charge in [0.25, 0.3) is 0 Å². The number of likely N-dealkylation sites (tertiary alicyclic amines) is 1. The van der Waals surface area contributed by atoms with E-state index in [2.05, 4.69) is 9.89 Å². The number of carboxylic acids is 1. The molecule has 2 aromatic carbocycles. The minimum Gasteiger partial charge on any atom is -0.490 e. The van der Waals surface area contributed by atoms with Crippen LogP contribution in [0.3, 0.4) is 0 Å². The topological polar surface area (TPSA) is 149 Å². The Bertz CT molecular complexity index is 1510. The van der Waals surface area contributed by atoms with Crippen molar-refractivity contribution in [1.82, 2.24) is 4.90 Å². The van der Waals surface area contributed by atoms with Crippen LogP contribution < -0.4 is 14.8 Å². The molecular formula is C29H36Cl2F3N5O5S. The van der Waals surface area contributed by atoms with Gasteiger partial charge in [-0.15, -0.1) is 24.8 Å². The molecule has 0 atom stereocenters. The third-order valence-corrected chi connectivity index (χ3v) is 8.82. The molecule has 0 unspecified atom stereocenters. The Balaban J connectivity index is 0.00000353. The van der Waals surface area contributed by atoms with Crippen LogP contribution in [-0.4, -0.2) is 74.1 Å². The van der Waals surface area contributed by atoms with Crippen molar-refractivity contribution in [3.63, 3.8) is 0 Å². The van der Waals surface area contributed by atoms with Crippen molar-refractivity contribution < 1.29 is 36.2 Å². The summed E-state index contributed by atoms with van der Waals surface area (Å²) in [7, 11) is -4.57. The highest BCUT2D eigenvalue weighted by atomic mass is 35.5. The quantitative estimate of drug-likeness (QED) is 0.229. The molecule has 248 valence electrons. The molecule has 2 aromatic rings. The van der Waals surface area contributed by atoms with Gasteiger partial charge < -0.3 is 20.5 Å². The molecule has 0 aromatic heterocycles. The maximum absolute atomic E-state index is 14.2. The van der Waals surface area contributed by atoms with Crippen LogP contribution in [-0.2, 0) is 21.0 Å². The van der Waals surface area contributed by atoms with Crippen molar-refractivity contribution in [1.29, 1.82) is 5.41 Å². The van der Waals surface area contributed by atoms with Crippen LogP contribution in [0, 0.1) is 5.41 Å². The van der Waals surface area contributed by atoms with E-state index >= 15 is 0 Å². The van der Waals surface area contributed by atoms with Crippen LogP contribution in [0.25, 0.3) is 6.08 Å². The smallest absolute Gasteiger partial charge is 0.420 e. The number of sulfonamides is 1. The van der Waals surface area contributed by atoms with Gasteiger partial charge in [-0.05, 0) is 42.7 Å². The maximum atomic E-state index is 14.2. The number of amidine groups is 2. The first-order valence-corrected chi connectivity index (χ1v) is 15.4. The number of alkyl halides is 3. The van der Waals surface area contributed by atoms with Crippen molar-refractivity contribution in [3.8, 4) is 5.75 Å². The molecule has 10 nitrogen and oxygen atoms in total. The zero-order chi connectivity index (χ0) is 31.2. The van der Waals surface area contributed by atoms with Gasteiger partial charge in [0.05, 0.1) is 23.6 Å². The number of anilines is 1. The van der Waals surface area contributed by atoms with Crippen molar-refractivity contribution in [3.05, 3.63) is 65.2 Å². The molecule has 1 fully saturated rings. The molecule has 2 aliphatic heterocycles. The van der Waals surface area contributed by atoms with Gasteiger partial charge in [0.2, 0.25) is 10.0 Å². The standard InChI is InChI=1S/C29H34F3N5O5S.2ClH/c30-29(31,32)24-18-22(9-10-25(24)42-23-11-15-36(16-12-23)26-8-1-2-13-35-26)37(43(40,41)19-27(38)39)14-4-6-20-5-3-7-21(17-20)28(33)34;;/h3-7,9-10,17-18,23H,1-2,8,11-16,19H2,(H3,33,34)(H,38,39);2*1H/b6-4+;;. The fourth-order valence-electron chi connectivity index (χ4n) is 5.06. The van der Waals surface area contributed by atoms with Crippen LogP contribution in [0.5, 0.6) is 5.75 Å². The summed E-state index contributed by atoms with van der Waals surface area (Å²) in [6.07, 6.45) is 1.58. The number of carboxylic acid groups (broad SMARTS) is 1. The van der Waals surface area contributed by atoms with E-state index in [-0.39, 0.29) is 36.3 Å². The second kappa shape index (κ2) is 16.2. The maximum Gasteiger partial charge on any atom is 0.420 e. The molecule has 2 heterocycles. The summed E-state index contributed by atoms with van der Waals surface area (Å²) in [6, 6.07) is 9.43. The van der Waals surface area contributed by atoms with Crippen LogP contribution in [0.15, 0.2) is 53.5 Å². The highest BCUT2D eigenvalue weighted by molar-refractivity contribution is 7.93. The lowest BCUT2D eigenvalue weighted by molar-refractivity contribution is -0.139. The Morgan fingerprint density at radius 1 is 1.16 bits per heavy atom. The highest BCUT2D eigenvalue weighted by Crippen LogP contribution is 2.40. The van der Waals surface area contributed by atoms with Crippen LogP contribution in [0.2, 0.25) is 0 Å². The molecule has 2 aliphatic rings. The Labute approximate surface area is 272 Å². The van der Waals surface area contributed by atoms with Crippen molar-refractivity contribution in [2.75, 3.05) is 36.2 Å². The first-order chi connectivity index (χ1) is 20.3. The van der Waals surface area contributed by atoms with E-state index in [0.717, 1.165) is 37.7 Å². The third kappa shape index (κ3) is 10.3. The second-order valence-electron chi connectivity index (χ2n) is 10.4. The summed E-state index contributed by atoms with van der Waals surface area (Å²) in [5.41, 5.74) is 4.98. The number of aliphatic carboxylic acids is 1. The summed E-state index contributed by atoms with van der Waals surface area (Å²) < 4.78 is 75.1. The summed E-state index contributed by atoms with van der Waals surface area (Å²) >= 11 is 0. The van der Waals surface area contributed by atoms with Gasteiger partial charge in [-0.25, -0.2) is 8.42 Å². The summed E-state index contributed by atoms with van der Waals surface area (Å²) in [4.78, 5) is 18.0. The number of halogens is 5. The molecule has 0 spiro atoms. The summed E-state index contributed by atoms with van der Waals surface area (Å²) in [5.74, 6) is -2.52. The zero-order valence-electron chi connectivity index (χ0n) is 24.2. The van der Waals surface area contributed by atoms with Crippen molar-refractivity contribution in [2.24, 2.45) is 10.7 Å². The van der Waals surface area contributed by atoms with Gasteiger partial charge in [0, 0.05) is 44.5 Å². The number of aliphatic imine (C=N–C) groups is 1. The van der Waals surface area contributed by atoms with Crippen LogP contribution in [0.1, 0.15) is 48.8 Å². The Morgan fingerprint density at radius 2 is 1.87 bits per heavy atom. The molecule has 4 N–H and O–H groups in total. The number of rotatable bonds is 10. The molecular weight excluding hydrogens is 658 g/mol. The van der Waals surface area contributed by atoms with Gasteiger partial charge in [-0.2, -0.15) is 13.2 Å². The lowest BCUT2D eigenvalue weighted by Gasteiger charge is -2.35. The van der Waals surface area contributed by atoms with Crippen molar-refractivity contribution >= 4 is 64.2 Å². The van der Waals surface area contributed by atoms with E-state index in [0.29, 0.717) is 47.4 Å². The fraction of sp³-hybridized carbons (Fsp3) is 0.414. The summed E-state index contributed by atoms with van der Waals surface area (Å²) in [6.45, 7) is 1.58. The van der Waals surface area contributed by atoms with E-state index < -0.39 is 51.9 Å². The molecule has 16 heteroatoms. The first kappa shape index (κ1) is 37.7. The molecule has 1 saturated heterocycles. The predicted molar refractivity (Wildman–Crippen MR) is 173 cm³/mol. The highest BCUT2D eigenvalue weighted by Gasteiger charge is 2.37. The second-order valence-corrected chi connectivity index (χ2v) is 12.3. The fourth-order valence-corrected chi connectivity index (χ4v) is 6.27. The zero-order valence-corrected chi connectivity index (χ0v) is 26.7. The number of piperidine rings is 1. The van der Waals surface area contributed by atoms with Crippen LogP contribution >= 0.6 is 24.8 Å². The Morgan fingerprint density at radius 3 is 2.47 bits per heavy atom. The van der Waals surface area contributed by atoms with Gasteiger partial charge in [0.1, 0.15) is 17.7 Å². The van der Waals surface area contributed by atoms with Crippen molar-refractivity contribution in [2.45, 2.75) is 44.4 Å². The molecule has 45 heavy (non-hydrogen) atoms. The molecule has 0 bridgehead atoms. The number of ether oxygens (including phenoxy) is 1.